The molecule has 1 amide bonds. The van der Waals surface area contributed by atoms with Gasteiger partial charge in [-0.15, -0.1) is 11.3 Å². The minimum atomic E-state index is 0.0259. The maximum Gasteiger partial charge on any atom is 0.234 e. The van der Waals surface area contributed by atoms with Gasteiger partial charge in [-0.05, 0) is 20.2 Å². The van der Waals surface area contributed by atoms with Crippen LogP contribution in [0.5, 0.6) is 0 Å². The Morgan fingerprint density at radius 2 is 2.35 bits per heavy atom. The first-order valence-electron chi connectivity index (χ1n) is 5.29. The number of carbonyl (C=O) groups is 1. The maximum atomic E-state index is 11.4. The molecule has 0 aliphatic rings. The molecule has 0 saturated heterocycles. The molecule has 0 unspecified atom stereocenters. The minimum Gasteiger partial charge on any atom is -0.350 e. The smallest absolute Gasteiger partial charge is 0.234 e. The summed E-state index contributed by atoms with van der Waals surface area (Å²) in [4.78, 5) is 14.3. The van der Waals surface area contributed by atoms with E-state index in [-0.39, 0.29) is 5.91 Å². The van der Waals surface area contributed by atoms with Crippen LogP contribution in [-0.2, 0) is 11.3 Å². The molecule has 1 aromatic heterocycles. The summed E-state index contributed by atoms with van der Waals surface area (Å²) in [6.07, 6.45) is 0. The number of carbonyl (C=O) groups excluding carboxylic acids is 1. The average Bonchev–Trinajstić information content (AvgIpc) is 2.70. The van der Waals surface area contributed by atoms with Gasteiger partial charge < -0.3 is 16.0 Å². The Labute approximate surface area is 106 Å². The Bertz CT molecular complexity index is 428. The molecule has 0 saturated carbocycles. The summed E-state index contributed by atoms with van der Waals surface area (Å²) < 4.78 is 0. The highest BCUT2D eigenvalue weighted by Gasteiger charge is 2.03. The van der Waals surface area contributed by atoms with Gasteiger partial charge in [-0.25, -0.2) is 0 Å². The molecular weight excluding hydrogens is 234 g/mol. The number of likely N-dealkylation sites (N-methyl/N-ethyl adjacent to an activating group) is 1. The normalized spacial score (nSPS) is 9.88. The molecule has 5 heteroatoms. The Morgan fingerprint density at radius 3 is 3.00 bits per heavy atom. The van der Waals surface area contributed by atoms with Gasteiger partial charge in [0, 0.05) is 15.8 Å². The lowest BCUT2D eigenvalue weighted by Gasteiger charge is -2.08. The second-order valence-corrected chi connectivity index (χ2v) is 4.82. The van der Waals surface area contributed by atoms with Gasteiger partial charge in [0.15, 0.2) is 0 Å². The van der Waals surface area contributed by atoms with Crippen molar-refractivity contribution in [2.75, 3.05) is 27.2 Å². The molecule has 0 spiro atoms. The van der Waals surface area contributed by atoms with Crippen LogP contribution in [0.15, 0.2) is 11.4 Å². The molecule has 0 bridgehead atoms. The van der Waals surface area contributed by atoms with Crippen LogP contribution >= 0.6 is 11.3 Å². The standard InChI is InChI=1S/C12H17N3OS/c1-15(2)8-12(16)14-7-11-6-10(9-17-11)4-3-5-13/h6,9H,5,7-8,13H2,1-2H3,(H,14,16). The van der Waals surface area contributed by atoms with Crippen LogP contribution in [0.3, 0.4) is 0 Å². The molecule has 4 nitrogen and oxygen atoms in total. The zero-order valence-corrected chi connectivity index (χ0v) is 10.9. The summed E-state index contributed by atoms with van der Waals surface area (Å²) in [5.41, 5.74) is 6.25. The molecule has 1 rings (SSSR count). The molecule has 0 aliphatic carbocycles. The van der Waals surface area contributed by atoms with Crippen molar-refractivity contribution in [2.24, 2.45) is 5.73 Å². The van der Waals surface area contributed by atoms with Crippen molar-refractivity contribution in [2.45, 2.75) is 6.54 Å². The number of nitrogens with two attached hydrogens (primary N) is 1. The summed E-state index contributed by atoms with van der Waals surface area (Å²) in [6.45, 7) is 1.33. The van der Waals surface area contributed by atoms with E-state index in [0.29, 0.717) is 19.6 Å². The molecule has 0 radical (unpaired) electrons. The van der Waals surface area contributed by atoms with E-state index in [2.05, 4.69) is 17.2 Å². The highest BCUT2D eigenvalue weighted by atomic mass is 32.1. The van der Waals surface area contributed by atoms with Gasteiger partial charge in [0.25, 0.3) is 0 Å². The van der Waals surface area contributed by atoms with Crippen molar-refractivity contribution in [3.8, 4) is 11.8 Å². The minimum absolute atomic E-state index is 0.0259. The Kier molecular flexibility index (Phi) is 5.70. The van der Waals surface area contributed by atoms with Crippen LogP contribution in [0.4, 0.5) is 0 Å². The van der Waals surface area contributed by atoms with Crippen LogP contribution in [0.25, 0.3) is 0 Å². The van der Waals surface area contributed by atoms with E-state index in [1.54, 1.807) is 11.3 Å². The van der Waals surface area contributed by atoms with E-state index in [1.807, 2.05) is 30.4 Å². The summed E-state index contributed by atoms with van der Waals surface area (Å²) in [5, 5.41) is 4.82. The first-order valence-corrected chi connectivity index (χ1v) is 6.17. The van der Waals surface area contributed by atoms with Crippen molar-refractivity contribution in [3.05, 3.63) is 21.9 Å². The SMILES string of the molecule is CN(C)CC(=O)NCc1cc(C#CCN)cs1. The third kappa shape index (κ3) is 5.50. The number of thiophene rings is 1. The van der Waals surface area contributed by atoms with Crippen LogP contribution in [0.1, 0.15) is 10.4 Å². The Morgan fingerprint density at radius 1 is 1.59 bits per heavy atom. The van der Waals surface area contributed by atoms with Gasteiger partial charge in [-0.3, -0.25) is 4.79 Å². The monoisotopic (exact) mass is 251 g/mol. The summed E-state index contributed by atoms with van der Waals surface area (Å²) in [7, 11) is 3.73. The number of amides is 1. The summed E-state index contributed by atoms with van der Waals surface area (Å²) in [5.74, 6) is 5.78. The van der Waals surface area contributed by atoms with E-state index >= 15 is 0 Å². The zero-order valence-electron chi connectivity index (χ0n) is 10.1. The first kappa shape index (κ1) is 13.7. The zero-order chi connectivity index (χ0) is 12.7. The number of hydrogen-bond acceptors (Lipinski definition) is 4. The highest BCUT2D eigenvalue weighted by Crippen LogP contribution is 2.13. The molecule has 92 valence electrons. The quantitative estimate of drug-likeness (QED) is 0.754. The molecule has 0 aliphatic heterocycles. The van der Waals surface area contributed by atoms with Crippen molar-refractivity contribution >= 4 is 17.2 Å². The van der Waals surface area contributed by atoms with Gasteiger partial charge in [-0.2, -0.15) is 0 Å². The van der Waals surface area contributed by atoms with E-state index in [9.17, 15) is 4.79 Å². The van der Waals surface area contributed by atoms with Crippen LogP contribution in [-0.4, -0.2) is 38.0 Å². The maximum absolute atomic E-state index is 11.4. The molecule has 1 heterocycles. The molecule has 3 N–H and O–H groups in total. The molecular formula is C12H17N3OS. The fourth-order valence-electron chi connectivity index (χ4n) is 1.22. The predicted molar refractivity (Wildman–Crippen MR) is 70.7 cm³/mol. The van der Waals surface area contributed by atoms with E-state index in [1.165, 1.54) is 0 Å². The summed E-state index contributed by atoms with van der Waals surface area (Å²) in [6, 6.07) is 1.98. The summed E-state index contributed by atoms with van der Waals surface area (Å²) >= 11 is 1.59. The van der Waals surface area contributed by atoms with E-state index in [0.717, 1.165) is 10.4 Å². The van der Waals surface area contributed by atoms with Crippen molar-refractivity contribution in [1.82, 2.24) is 10.2 Å². The molecule has 0 aromatic carbocycles. The Hall–Kier alpha value is -1.35. The molecule has 1 aromatic rings. The van der Waals surface area contributed by atoms with Crippen LogP contribution in [0.2, 0.25) is 0 Å². The average molecular weight is 251 g/mol. The van der Waals surface area contributed by atoms with Gasteiger partial charge in [0.05, 0.1) is 19.6 Å². The van der Waals surface area contributed by atoms with Gasteiger partial charge in [0.1, 0.15) is 0 Å². The highest BCUT2D eigenvalue weighted by molar-refractivity contribution is 7.10. The van der Waals surface area contributed by atoms with Gasteiger partial charge in [-0.1, -0.05) is 11.8 Å². The third-order valence-electron chi connectivity index (χ3n) is 1.91. The number of rotatable bonds is 4. The lowest BCUT2D eigenvalue weighted by atomic mass is 10.3. The van der Waals surface area contributed by atoms with Gasteiger partial charge in [0.2, 0.25) is 5.91 Å². The second-order valence-electron chi connectivity index (χ2n) is 3.82. The topological polar surface area (TPSA) is 58.4 Å². The Balaban J connectivity index is 2.42. The van der Waals surface area contributed by atoms with Crippen molar-refractivity contribution in [1.29, 1.82) is 0 Å². The van der Waals surface area contributed by atoms with Crippen molar-refractivity contribution in [3.63, 3.8) is 0 Å². The molecule has 0 fully saturated rings. The fourth-order valence-corrected chi connectivity index (χ4v) is 1.98. The first-order chi connectivity index (χ1) is 8.11. The lowest BCUT2D eigenvalue weighted by molar-refractivity contribution is -0.121. The van der Waals surface area contributed by atoms with Crippen LogP contribution in [0, 0.1) is 11.8 Å². The molecule has 17 heavy (non-hydrogen) atoms. The predicted octanol–water partition coefficient (Wildman–Crippen LogP) is 0.236. The van der Waals surface area contributed by atoms with Crippen LogP contribution < -0.4 is 11.1 Å². The van der Waals surface area contributed by atoms with Crippen molar-refractivity contribution < 1.29 is 4.79 Å². The number of nitrogens with zero attached hydrogens (tertiary/aromatic N) is 1. The second kappa shape index (κ2) is 7.07. The van der Waals surface area contributed by atoms with E-state index < -0.39 is 0 Å². The number of hydrogen-bond donors (Lipinski definition) is 2. The fraction of sp³-hybridized carbons (Fsp3) is 0.417. The van der Waals surface area contributed by atoms with Gasteiger partial charge >= 0.3 is 0 Å². The molecule has 0 atom stereocenters. The largest absolute Gasteiger partial charge is 0.350 e. The third-order valence-corrected chi connectivity index (χ3v) is 2.84. The number of nitrogens with one attached hydrogen (secondary N) is 1. The van der Waals surface area contributed by atoms with E-state index in [4.69, 9.17) is 5.73 Å². The lowest BCUT2D eigenvalue weighted by Crippen LogP contribution is -2.32.